The minimum atomic E-state index is -3.59. The molecule has 23 heavy (non-hydrogen) atoms. The number of hydrogen-bond donors (Lipinski definition) is 1. The van der Waals surface area contributed by atoms with E-state index in [4.69, 9.17) is 0 Å². The van der Waals surface area contributed by atoms with Crippen LogP contribution >= 0.6 is 0 Å². The summed E-state index contributed by atoms with van der Waals surface area (Å²) < 4.78 is 25.6. The molecule has 0 heterocycles. The molecule has 6 heteroatoms. The van der Waals surface area contributed by atoms with Gasteiger partial charge in [-0.1, -0.05) is 43.3 Å². The molecule has 0 aromatic heterocycles. The minimum absolute atomic E-state index is 0.354. The normalized spacial score (nSPS) is 12.4. The number of nitrogens with one attached hydrogen (secondary N) is 1. The van der Waals surface area contributed by atoms with E-state index in [2.05, 4.69) is 5.32 Å². The Bertz CT molecular complexity index is 746. The number of para-hydroxylation sites is 2. The maximum atomic E-state index is 12.6. The second kappa shape index (κ2) is 7.28. The number of benzene rings is 2. The number of hydrogen-bond acceptors (Lipinski definition) is 3. The predicted octanol–water partition coefficient (Wildman–Crippen LogP) is 2.87. The number of nitrogens with zero attached hydrogens (tertiary/aromatic N) is 1. The number of amides is 1. The summed E-state index contributed by atoms with van der Waals surface area (Å²) in [6.45, 7) is 1.79. The van der Waals surface area contributed by atoms with Gasteiger partial charge in [0, 0.05) is 5.69 Å². The van der Waals surface area contributed by atoms with Crippen molar-refractivity contribution in [1.29, 1.82) is 0 Å². The second-order valence-corrected chi connectivity index (χ2v) is 7.03. The van der Waals surface area contributed by atoms with Crippen molar-refractivity contribution in [2.75, 3.05) is 15.9 Å². The maximum absolute atomic E-state index is 12.6. The molecule has 1 N–H and O–H groups in total. The topological polar surface area (TPSA) is 66.5 Å². The number of carbonyl (C=O) groups excluding carboxylic acids is 1. The summed E-state index contributed by atoms with van der Waals surface area (Å²) in [6, 6.07) is 16.8. The molecule has 1 atom stereocenters. The van der Waals surface area contributed by atoms with Gasteiger partial charge in [0.1, 0.15) is 6.04 Å². The molecular formula is C17H20N2O3S. The summed E-state index contributed by atoms with van der Waals surface area (Å²) in [6.07, 6.45) is 1.47. The van der Waals surface area contributed by atoms with E-state index in [0.717, 1.165) is 6.26 Å². The van der Waals surface area contributed by atoms with Crippen LogP contribution in [0.25, 0.3) is 0 Å². The van der Waals surface area contributed by atoms with Gasteiger partial charge in [0.15, 0.2) is 0 Å². The summed E-state index contributed by atoms with van der Waals surface area (Å²) in [5.41, 5.74) is 1.11. The van der Waals surface area contributed by atoms with E-state index in [0.29, 0.717) is 17.8 Å². The molecular weight excluding hydrogens is 312 g/mol. The fourth-order valence-corrected chi connectivity index (χ4v) is 3.59. The molecule has 2 aromatic rings. The van der Waals surface area contributed by atoms with Crippen LogP contribution in [0, 0.1) is 0 Å². The zero-order valence-electron chi connectivity index (χ0n) is 13.1. The third-order valence-electron chi connectivity index (χ3n) is 3.38. The number of anilines is 2. The van der Waals surface area contributed by atoms with Crippen LogP contribution in [0.2, 0.25) is 0 Å². The van der Waals surface area contributed by atoms with E-state index in [1.54, 1.807) is 49.4 Å². The molecule has 0 aliphatic rings. The third-order valence-corrected chi connectivity index (χ3v) is 4.56. The van der Waals surface area contributed by atoms with Gasteiger partial charge in [-0.25, -0.2) is 8.42 Å². The van der Waals surface area contributed by atoms with Crippen LogP contribution in [0.1, 0.15) is 13.3 Å². The third kappa shape index (κ3) is 4.32. The highest BCUT2D eigenvalue weighted by Crippen LogP contribution is 2.22. The van der Waals surface area contributed by atoms with E-state index in [-0.39, 0.29) is 5.91 Å². The van der Waals surface area contributed by atoms with Crippen molar-refractivity contribution in [3.05, 3.63) is 60.7 Å². The van der Waals surface area contributed by atoms with Gasteiger partial charge in [0.05, 0.1) is 11.9 Å². The van der Waals surface area contributed by atoms with Crippen molar-refractivity contribution in [1.82, 2.24) is 0 Å². The number of sulfonamides is 1. The van der Waals surface area contributed by atoms with Gasteiger partial charge < -0.3 is 5.32 Å². The van der Waals surface area contributed by atoms with Crippen LogP contribution in [0.15, 0.2) is 60.7 Å². The van der Waals surface area contributed by atoms with Gasteiger partial charge in [0.2, 0.25) is 15.9 Å². The molecule has 0 saturated heterocycles. The minimum Gasteiger partial charge on any atom is -0.324 e. The molecule has 122 valence electrons. The average Bonchev–Trinajstić information content (AvgIpc) is 2.53. The molecule has 0 bridgehead atoms. The summed E-state index contributed by atoms with van der Waals surface area (Å²) in [4.78, 5) is 12.6. The number of carbonyl (C=O) groups is 1. The molecule has 0 fully saturated rings. The Balaban J connectivity index is 2.33. The van der Waals surface area contributed by atoms with Gasteiger partial charge in [-0.3, -0.25) is 9.10 Å². The second-order valence-electron chi connectivity index (χ2n) is 5.17. The zero-order chi connectivity index (χ0) is 16.9. The first-order valence-electron chi connectivity index (χ1n) is 7.34. The van der Waals surface area contributed by atoms with Crippen molar-refractivity contribution in [3.8, 4) is 0 Å². The molecule has 0 aliphatic carbocycles. The van der Waals surface area contributed by atoms with E-state index in [1.807, 2.05) is 18.2 Å². The van der Waals surface area contributed by atoms with Crippen LogP contribution in [0.3, 0.4) is 0 Å². The molecule has 0 spiro atoms. The lowest BCUT2D eigenvalue weighted by Gasteiger charge is -2.30. The predicted molar refractivity (Wildman–Crippen MR) is 92.9 cm³/mol. The van der Waals surface area contributed by atoms with Crippen LogP contribution in [-0.4, -0.2) is 26.6 Å². The van der Waals surface area contributed by atoms with Crippen LogP contribution < -0.4 is 9.62 Å². The summed E-state index contributed by atoms with van der Waals surface area (Å²) in [5.74, 6) is -0.354. The van der Waals surface area contributed by atoms with Crippen molar-refractivity contribution < 1.29 is 13.2 Å². The van der Waals surface area contributed by atoms with Gasteiger partial charge in [0.25, 0.3) is 0 Å². The van der Waals surface area contributed by atoms with E-state index >= 15 is 0 Å². The largest absolute Gasteiger partial charge is 0.324 e. The Morgan fingerprint density at radius 1 is 1.04 bits per heavy atom. The molecule has 2 rings (SSSR count). The van der Waals surface area contributed by atoms with Crippen molar-refractivity contribution >= 4 is 27.3 Å². The Morgan fingerprint density at radius 3 is 2.04 bits per heavy atom. The first kappa shape index (κ1) is 17.0. The van der Waals surface area contributed by atoms with Crippen molar-refractivity contribution in [3.63, 3.8) is 0 Å². The van der Waals surface area contributed by atoms with Crippen molar-refractivity contribution in [2.45, 2.75) is 19.4 Å². The SMILES string of the molecule is CC[C@H](C(=O)Nc1ccccc1)N(c1ccccc1)S(C)(=O)=O. The van der Waals surface area contributed by atoms with Gasteiger partial charge in [-0.05, 0) is 30.7 Å². The zero-order valence-corrected chi connectivity index (χ0v) is 14.0. The average molecular weight is 332 g/mol. The molecule has 0 aliphatic heterocycles. The Morgan fingerprint density at radius 2 is 1.57 bits per heavy atom. The van der Waals surface area contributed by atoms with E-state index < -0.39 is 16.1 Å². The molecule has 5 nitrogen and oxygen atoms in total. The highest BCUT2D eigenvalue weighted by molar-refractivity contribution is 7.92. The van der Waals surface area contributed by atoms with Crippen LogP contribution in [0.4, 0.5) is 11.4 Å². The van der Waals surface area contributed by atoms with Crippen LogP contribution in [-0.2, 0) is 14.8 Å². The highest BCUT2D eigenvalue weighted by atomic mass is 32.2. The maximum Gasteiger partial charge on any atom is 0.248 e. The summed E-state index contributed by atoms with van der Waals surface area (Å²) >= 11 is 0. The molecule has 0 radical (unpaired) electrons. The highest BCUT2D eigenvalue weighted by Gasteiger charge is 2.31. The summed E-state index contributed by atoms with van der Waals surface area (Å²) in [7, 11) is -3.59. The van der Waals surface area contributed by atoms with Gasteiger partial charge in [-0.15, -0.1) is 0 Å². The lowest BCUT2D eigenvalue weighted by molar-refractivity contribution is -0.117. The first-order valence-corrected chi connectivity index (χ1v) is 9.18. The fourth-order valence-electron chi connectivity index (χ4n) is 2.38. The first-order chi connectivity index (χ1) is 10.9. The smallest absolute Gasteiger partial charge is 0.248 e. The van der Waals surface area contributed by atoms with E-state index in [9.17, 15) is 13.2 Å². The monoisotopic (exact) mass is 332 g/mol. The van der Waals surface area contributed by atoms with E-state index in [1.165, 1.54) is 4.31 Å². The Labute approximate surface area is 137 Å². The Kier molecular flexibility index (Phi) is 5.39. The Hall–Kier alpha value is -2.34. The van der Waals surface area contributed by atoms with Gasteiger partial charge >= 0.3 is 0 Å². The van der Waals surface area contributed by atoms with Crippen LogP contribution in [0.5, 0.6) is 0 Å². The quantitative estimate of drug-likeness (QED) is 0.884. The van der Waals surface area contributed by atoms with Gasteiger partial charge in [-0.2, -0.15) is 0 Å². The molecule has 1 amide bonds. The molecule has 0 saturated carbocycles. The standard InChI is InChI=1S/C17H20N2O3S/c1-3-16(17(20)18-14-10-6-4-7-11-14)19(23(2,21)22)15-12-8-5-9-13-15/h4-13,16H,3H2,1-2H3,(H,18,20)/t16-/m1/s1. The summed E-state index contributed by atoms with van der Waals surface area (Å²) in [5, 5.41) is 2.77. The lowest BCUT2D eigenvalue weighted by atomic mass is 10.2. The fraction of sp³-hybridized carbons (Fsp3) is 0.235. The molecule has 0 unspecified atom stereocenters. The molecule has 2 aromatic carbocycles. The lowest BCUT2D eigenvalue weighted by Crippen LogP contribution is -2.46. The van der Waals surface area contributed by atoms with Crippen molar-refractivity contribution in [2.24, 2.45) is 0 Å². The number of rotatable bonds is 6.